The molecule has 0 aliphatic carbocycles. The molecular weight excluding hydrogens is 487 g/mol. The smallest absolute Gasteiger partial charge is 0.493 e. The molecule has 11 heteroatoms. The molecule has 0 heterocycles. The molecule has 0 saturated carbocycles. The number of methoxy groups -OCH3 is 3. The van der Waals surface area contributed by atoms with E-state index < -0.39 is 22.1 Å². The second-order valence-electron chi connectivity index (χ2n) is 7.04. The van der Waals surface area contributed by atoms with E-state index in [4.69, 9.17) is 14.2 Å². The van der Waals surface area contributed by atoms with Gasteiger partial charge in [-0.15, -0.1) is 13.2 Å². The standard InChI is InChI=1S/C24H22F3NO6S/c1-31-21-13-17(14-22(32-2)23(21)33-3)8-7-16-9-11-18(12-10-16)28-35(29,30)20-6-4-5-19(15-20)34-24(25,26)27/h4-15,28H,1-3H3. The Kier molecular flexibility index (Phi) is 7.80. The molecule has 3 aromatic carbocycles. The summed E-state index contributed by atoms with van der Waals surface area (Å²) in [4.78, 5) is -0.370. The summed E-state index contributed by atoms with van der Waals surface area (Å²) in [5, 5.41) is 0. The maximum atomic E-state index is 12.6. The summed E-state index contributed by atoms with van der Waals surface area (Å²) >= 11 is 0. The molecule has 7 nitrogen and oxygen atoms in total. The molecule has 0 atom stereocenters. The first-order valence-corrected chi connectivity index (χ1v) is 11.5. The first-order chi connectivity index (χ1) is 16.5. The van der Waals surface area contributed by atoms with Gasteiger partial charge in [0.25, 0.3) is 10.0 Å². The fourth-order valence-electron chi connectivity index (χ4n) is 3.10. The van der Waals surface area contributed by atoms with Crippen LogP contribution in [0.2, 0.25) is 0 Å². The van der Waals surface area contributed by atoms with Gasteiger partial charge in [0.05, 0.1) is 26.2 Å². The average Bonchev–Trinajstić information content (AvgIpc) is 2.81. The van der Waals surface area contributed by atoms with Crippen molar-refractivity contribution in [3.8, 4) is 23.0 Å². The molecule has 0 aliphatic heterocycles. The van der Waals surface area contributed by atoms with E-state index >= 15 is 0 Å². The van der Waals surface area contributed by atoms with E-state index in [1.807, 2.05) is 6.08 Å². The molecule has 0 fully saturated rings. The predicted molar refractivity (Wildman–Crippen MR) is 125 cm³/mol. The summed E-state index contributed by atoms with van der Waals surface area (Å²) in [7, 11) is 0.412. The number of alkyl halides is 3. The zero-order chi connectivity index (χ0) is 25.6. The van der Waals surface area contributed by atoms with Gasteiger partial charge in [-0.25, -0.2) is 8.42 Å². The summed E-state index contributed by atoms with van der Waals surface area (Å²) in [5.41, 5.74) is 1.78. The SMILES string of the molecule is COc1cc(C=Cc2ccc(NS(=O)(=O)c3cccc(OC(F)(F)F)c3)cc2)cc(OC)c1OC. The van der Waals surface area contributed by atoms with Crippen molar-refractivity contribution < 1.29 is 40.5 Å². The van der Waals surface area contributed by atoms with E-state index in [1.54, 1.807) is 30.3 Å². The van der Waals surface area contributed by atoms with Crippen molar-refractivity contribution in [2.75, 3.05) is 26.1 Å². The van der Waals surface area contributed by atoms with Gasteiger partial charge in [-0.2, -0.15) is 0 Å². The number of ether oxygens (including phenoxy) is 4. The Hall–Kier alpha value is -3.86. The largest absolute Gasteiger partial charge is 0.573 e. The molecule has 0 spiro atoms. The van der Waals surface area contributed by atoms with Gasteiger partial charge >= 0.3 is 6.36 Å². The fourth-order valence-corrected chi connectivity index (χ4v) is 4.20. The Morgan fingerprint density at radius 2 is 1.40 bits per heavy atom. The van der Waals surface area contributed by atoms with E-state index in [0.29, 0.717) is 17.2 Å². The average molecular weight is 510 g/mol. The third-order valence-electron chi connectivity index (χ3n) is 4.67. The topological polar surface area (TPSA) is 83.1 Å². The summed E-state index contributed by atoms with van der Waals surface area (Å²) in [5.74, 6) is 0.842. The molecule has 35 heavy (non-hydrogen) atoms. The number of rotatable bonds is 9. The van der Waals surface area contributed by atoms with Crippen LogP contribution in [0.15, 0.2) is 65.6 Å². The van der Waals surface area contributed by atoms with Crippen molar-refractivity contribution in [2.24, 2.45) is 0 Å². The highest BCUT2D eigenvalue weighted by molar-refractivity contribution is 7.92. The van der Waals surface area contributed by atoms with Gasteiger partial charge in [-0.3, -0.25) is 4.72 Å². The minimum absolute atomic E-state index is 0.233. The molecule has 0 bridgehead atoms. The molecule has 0 unspecified atom stereocenters. The molecule has 3 rings (SSSR count). The van der Waals surface area contributed by atoms with Crippen molar-refractivity contribution >= 4 is 27.9 Å². The Morgan fingerprint density at radius 1 is 0.800 bits per heavy atom. The first kappa shape index (κ1) is 25.8. The van der Waals surface area contributed by atoms with Crippen LogP contribution in [0.3, 0.4) is 0 Å². The van der Waals surface area contributed by atoms with E-state index in [2.05, 4.69) is 9.46 Å². The molecule has 1 N–H and O–H groups in total. The Bertz CT molecular complexity index is 1280. The molecule has 186 valence electrons. The van der Waals surface area contributed by atoms with Crippen LogP contribution in [-0.2, 0) is 10.0 Å². The molecule has 3 aromatic rings. The highest BCUT2D eigenvalue weighted by Gasteiger charge is 2.31. The molecule has 0 amide bonds. The van der Waals surface area contributed by atoms with E-state index in [0.717, 1.165) is 29.3 Å². The third kappa shape index (κ3) is 6.82. The summed E-state index contributed by atoms with van der Waals surface area (Å²) < 4.78 is 84.5. The molecular formula is C24H22F3NO6S. The van der Waals surface area contributed by atoms with Crippen molar-refractivity contribution in [2.45, 2.75) is 11.3 Å². The minimum Gasteiger partial charge on any atom is -0.493 e. The Morgan fingerprint density at radius 3 is 1.94 bits per heavy atom. The maximum absolute atomic E-state index is 12.6. The van der Waals surface area contributed by atoms with Crippen molar-refractivity contribution in [3.63, 3.8) is 0 Å². The number of hydrogen-bond acceptors (Lipinski definition) is 6. The second-order valence-corrected chi connectivity index (χ2v) is 8.72. The van der Waals surface area contributed by atoms with E-state index in [-0.39, 0.29) is 10.6 Å². The molecule has 0 saturated heterocycles. The lowest BCUT2D eigenvalue weighted by Crippen LogP contribution is -2.18. The van der Waals surface area contributed by atoms with Crippen LogP contribution in [-0.4, -0.2) is 36.1 Å². The summed E-state index contributed by atoms with van der Waals surface area (Å²) in [6, 6.07) is 14.1. The second kappa shape index (κ2) is 10.6. The number of sulfonamides is 1. The van der Waals surface area contributed by atoms with Crippen LogP contribution in [0.4, 0.5) is 18.9 Å². The van der Waals surface area contributed by atoms with E-state index in [9.17, 15) is 21.6 Å². The van der Waals surface area contributed by atoms with Crippen LogP contribution in [0.5, 0.6) is 23.0 Å². The van der Waals surface area contributed by atoms with Gasteiger partial charge in [0.2, 0.25) is 5.75 Å². The fraction of sp³-hybridized carbons (Fsp3) is 0.167. The van der Waals surface area contributed by atoms with Crippen LogP contribution in [0, 0.1) is 0 Å². The van der Waals surface area contributed by atoms with Gasteiger partial charge in [-0.05, 0) is 47.5 Å². The monoisotopic (exact) mass is 509 g/mol. The number of nitrogens with one attached hydrogen (secondary N) is 1. The summed E-state index contributed by atoms with van der Waals surface area (Å²) in [6.45, 7) is 0. The van der Waals surface area contributed by atoms with E-state index in [1.165, 1.54) is 39.5 Å². The summed E-state index contributed by atoms with van der Waals surface area (Å²) in [6.07, 6.45) is -1.31. The highest BCUT2D eigenvalue weighted by Crippen LogP contribution is 2.38. The number of benzene rings is 3. The van der Waals surface area contributed by atoms with Crippen molar-refractivity contribution in [1.82, 2.24) is 0 Å². The Balaban J connectivity index is 1.75. The van der Waals surface area contributed by atoms with Crippen LogP contribution in [0.25, 0.3) is 12.2 Å². The predicted octanol–water partition coefficient (Wildman–Crippen LogP) is 5.58. The van der Waals surface area contributed by atoms with Gasteiger partial charge in [-0.1, -0.05) is 30.4 Å². The van der Waals surface area contributed by atoms with Crippen LogP contribution in [0.1, 0.15) is 11.1 Å². The van der Waals surface area contributed by atoms with Crippen molar-refractivity contribution in [3.05, 3.63) is 71.8 Å². The first-order valence-electron chi connectivity index (χ1n) is 10.0. The minimum atomic E-state index is -4.93. The quantitative estimate of drug-likeness (QED) is 0.379. The van der Waals surface area contributed by atoms with Crippen molar-refractivity contribution in [1.29, 1.82) is 0 Å². The van der Waals surface area contributed by atoms with Gasteiger partial charge in [0, 0.05) is 11.8 Å². The van der Waals surface area contributed by atoms with Crippen LogP contribution >= 0.6 is 0 Å². The van der Waals surface area contributed by atoms with Gasteiger partial charge in [0.1, 0.15) is 5.75 Å². The molecule has 0 radical (unpaired) electrons. The molecule has 0 aliphatic rings. The number of anilines is 1. The Labute approximate surface area is 200 Å². The lowest BCUT2D eigenvalue weighted by molar-refractivity contribution is -0.274. The lowest BCUT2D eigenvalue weighted by Gasteiger charge is -2.13. The van der Waals surface area contributed by atoms with Gasteiger partial charge in [0.15, 0.2) is 11.5 Å². The normalized spacial score (nSPS) is 11.8. The highest BCUT2D eigenvalue weighted by atomic mass is 32.2. The van der Waals surface area contributed by atoms with Crippen LogP contribution < -0.4 is 23.7 Å². The lowest BCUT2D eigenvalue weighted by atomic mass is 10.1. The number of hydrogen-bond donors (Lipinski definition) is 1. The molecule has 0 aromatic heterocycles. The third-order valence-corrected chi connectivity index (χ3v) is 6.05. The van der Waals surface area contributed by atoms with Gasteiger partial charge < -0.3 is 18.9 Å². The maximum Gasteiger partial charge on any atom is 0.573 e. The zero-order valence-corrected chi connectivity index (χ0v) is 19.7. The number of halogens is 3. The zero-order valence-electron chi connectivity index (χ0n) is 18.9.